The Kier molecular flexibility index (Phi) is 9.69. The van der Waals surface area contributed by atoms with Crippen LogP contribution in [0.25, 0.3) is 10.8 Å². The Morgan fingerprint density at radius 2 is 1.73 bits per heavy atom. The largest absolute Gasteiger partial charge is 0.168 e. The van der Waals surface area contributed by atoms with E-state index in [2.05, 4.69) is 43.3 Å². The van der Waals surface area contributed by atoms with E-state index in [0.717, 1.165) is 0 Å². The topological polar surface area (TPSA) is 0 Å². The van der Waals surface area contributed by atoms with Crippen molar-refractivity contribution in [1.29, 1.82) is 0 Å². The number of hydrogen-bond acceptors (Lipinski definition) is 0. The summed E-state index contributed by atoms with van der Waals surface area (Å²) in [6, 6.07) is 13.0. The summed E-state index contributed by atoms with van der Waals surface area (Å²) in [4.78, 5) is 0. The molecule has 15 heavy (non-hydrogen) atoms. The van der Waals surface area contributed by atoms with Crippen molar-refractivity contribution in [3.8, 4) is 0 Å². The summed E-state index contributed by atoms with van der Waals surface area (Å²) < 4.78 is 0. The predicted octanol–water partition coefficient (Wildman–Crippen LogP) is 4.35. The molecule has 0 aliphatic rings. The van der Waals surface area contributed by atoms with Crippen LogP contribution >= 0.6 is 24.8 Å². The minimum absolute atomic E-state index is 0. The van der Waals surface area contributed by atoms with Crippen LogP contribution in [0.3, 0.4) is 0 Å². The van der Waals surface area contributed by atoms with Gasteiger partial charge in [-0.05, 0) is 0 Å². The van der Waals surface area contributed by atoms with Gasteiger partial charge in [0.05, 0.1) is 0 Å². The van der Waals surface area contributed by atoms with Crippen molar-refractivity contribution >= 4 is 35.6 Å². The molecule has 0 aliphatic carbocycles. The molecule has 0 heterocycles. The number of fused-ring (bicyclic) bond motifs is 1. The molecule has 0 amide bonds. The molecule has 2 aromatic carbocycles. The van der Waals surface area contributed by atoms with Gasteiger partial charge in [0.2, 0.25) is 0 Å². The second-order valence-corrected chi connectivity index (χ2v) is 3.20. The molecule has 0 unspecified atom stereocenters. The van der Waals surface area contributed by atoms with Gasteiger partial charge in [-0.2, -0.15) is 6.07 Å². The zero-order chi connectivity index (χ0) is 8.39. The summed E-state index contributed by atoms with van der Waals surface area (Å²) in [6.45, 7) is 2.22. The van der Waals surface area contributed by atoms with Crippen LogP contribution in [0.1, 0.15) is 18.9 Å². The molecule has 0 atom stereocenters. The maximum Gasteiger partial charge on any atom is 0 e. The van der Waals surface area contributed by atoms with Crippen molar-refractivity contribution in [1.82, 2.24) is 0 Å². The van der Waals surface area contributed by atoms with Crippen LogP contribution < -0.4 is 0 Å². The third kappa shape index (κ3) is 3.88. The van der Waals surface area contributed by atoms with Crippen LogP contribution in [0.15, 0.2) is 36.4 Å². The van der Waals surface area contributed by atoms with Gasteiger partial charge < -0.3 is 0 Å². The first-order valence-electron chi connectivity index (χ1n) is 4.55. The first kappa shape index (κ1) is 17.5. The minimum atomic E-state index is 0. The molecule has 0 spiro atoms. The normalized spacial score (nSPS) is 8.60. The van der Waals surface area contributed by atoms with Gasteiger partial charge in [0.15, 0.2) is 0 Å². The molecular weight excluding hydrogens is 263 g/mol. The van der Waals surface area contributed by atoms with Crippen LogP contribution in [-0.4, -0.2) is 0 Å². The van der Waals surface area contributed by atoms with Gasteiger partial charge in [-0.3, -0.25) is 0 Å². The van der Waals surface area contributed by atoms with Crippen molar-refractivity contribution in [3.63, 3.8) is 0 Å². The van der Waals surface area contributed by atoms with Gasteiger partial charge in [-0.1, -0.05) is 25.8 Å². The van der Waals surface area contributed by atoms with Crippen LogP contribution in [0.2, 0.25) is 0 Å². The molecule has 0 nitrogen and oxygen atoms in total. The molecule has 0 saturated heterocycles. The number of benzene rings is 1. The van der Waals surface area contributed by atoms with Crippen LogP contribution in [0.4, 0.5) is 0 Å². The van der Waals surface area contributed by atoms with Crippen molar-refractivity contribution < 1.29 is 21.7 Å². The van der Waals surface area contributed by atoms with Crippen LogP contribution in [-0.2, 0) is 28.1 Å². The van der Waals surface area contributed by atoms with Crippen LogP contribution in [0, 0.1) is 0 Å². The number of aryl methyl sites for hydroxylation is 1. The molecule has 2 aromatic rings. The third-order valence-electron chi connectivity index (χ3n) is 2.29. The Bertz CT molecular complexity index is 382. The molecule has 3 heteroatoms. The van der Waals surface area contributed by atoms with E-state index in [9.17, 15) is 0 Å². The SMILES string of the molecule is CCC[c-]1ccc2ccccc21.Cl.Cl.[Ti]. The molecule has 0 bridgehead atoms. The Hall–Kier alpha value is 0.124. The molecule has 0 radical (unpaired) electrons. The second kappa shape index (κ2) is 8.30. The molecule has 2 rings (SSSR count). The Morgan fingerprint density at radius 3 is 2.40 bits per heavy atom. The van der Waals surface area contributed by atoms with Gasteiger partial charge in [-0.25, -0.2) is 0 Å². The first-order valence-corrected chi connectivity index (χ1v) is 4.55. The average molecular weight is 278 g/mol. The minimum Gasteiger partial charge on any atom is -0.168 e. The van der Waals surface area contributed by atoms with E-state index >= 15 is 0 Å². The van der Waals surface area contributed by atoms with Gasteiger partial charge in [0.1, 0.15) is 0 Å². The standard InChI is InChI=1S/C12H13.2ClH.Ti/c1-2-5-10-8-9-11-6-3-4-7-12(10)11;;;/h3-4,6-9H,2,5H2,1H3;2*1H;/q-1;;;. The summed E-state index contributed by atoms with van der Waals surface area (Å²) in [5.41, 5.74) is 1.49. The van der Waals surface area contributed by atoms with Crippen molar-refractivity contribution in [2.75, 3.05) is 0 Å². The van der Waals surface area contributed by atoms with E-state index < -0.39 is 0 Å². The maximum atomic E-state index is 2.24. The molecule has 0 fully saturated rings. The summed E-state index contributed by atoms with van der Waals surface area (Å²) in [5, 5.41) is 2.81. The third-order valence-corrected chi connectivity index (χ3v) is 2.29. The second-order valence-electron chi connectivity index (χ2n) is 3.20. The van der Waals surface area contributed by atoms with Gasteiger partial charge in [0.25, 0.3) is 0 Å². The molecule has 0 aromatic heterocycles. The average Bonchev–Trinajstić information content (AvgIpc) is 2.50. The summed E-state index contributed by atoms with van der Waals surface area (Å²) in [5.74, 6) is 0. The van der Waals surface area contributed by atoms with Crippen molar-refractivity contribution in [2.45, 2.75) is 19.8 Å². The fourth-order valence-electron chi connectivity index (χ4n) is 1.70. The van der Waals surface area contributed by atoms with Crippen molar-refractivity contribution in [2.24, 2.45) is 0 Å². The number of rotatable bonds is 2. The molecule has 0 saturated carbocycles. The fourth-order valence-corrected chi connectivity index (χ4v) is 1.70. The first-order chi connectivity index (χ1) is 5.92. The van der Waals surface area contributed by atoms with E-state index in [1.54, 1.807) is 0 Å². The number of hydrogen-bond donors (Lipinski definition) is 0. The molecule has 0 N–H and O–H groups in total. The van der Waals surface area contributed by atoms with E-state index in [1.165, 1.54) is 29.2 Å². The van der Waals surface area contributed by atoms with Gasteiger partial charge in [-0.15, -0.1) is 65.4 Å². The molecule has 82 valence electrons. The van der Waals surface area contributed by atoms with Gasteiger partial charge >= 0.3 is 0 Å². The van der Waals surface area contributed by atoms with E-state index in [1.807, 2.05) is 0 Å². The maximum absolute atomic E-state index is 2.24. The smallest absolute Gasteiger partial charge is 0 e. The quantitative estimate of drug-likeness (QED) is 0.565. The zero-order valence-corrected chi connectivity index (χ0v) is 11.9. The summed E-state index contributed by atoms with van der Waals surface area (Å²) in [7, 11) is 0. The summed E-state index contributed by atoms with van der Waals surface area (Å²) >= 11 is 0. The van der Waals surface area contributed by atoms with E-state index in [4.69, 9.17) is 0 Å². The monoisotopic (exact) mass is 277 g/mol. The van der Waals surface area contributed by atoms with E-state index in [0.29, 0.717) is 0 Å². The van der Waals surface area contributed by atoms with Crippen molar-refractivity contribution in [3.05, 3.63) is 42.0 Å². The van der Waals surface area contributed by atoms with E-state index in [-0.39, 0.29) is 46.5 Å². The van der Waals surface area contributed by atoms with Gasteiger partial charge in [0, 0.05) is 21.7 Å². The Labute approximate surface area is 119 Å². The molecular formula is C12H15Cl2Ti-. The fraction of sp³-hybridized carbons (Fsp3) is 0.250. The summed E-state index contributed by atoms with van der Waals surface area (Å²) in [6.07, 6.45) is 2.43. The predicted molar refractivity (Wildman–Crippen MR) is 68.0 cm³/mol. The Balaban J connectivity index is 0. The zero-order valence-electron chi connectivity index (χ0n) is 8.69. The number of halogens is 2. The molecule has 0 aliphatic heterocycles. The van der Waals surface area contributed by atoms with Crippen LogP contribution in [0.5, 0.6) is 0 Å². The Morgan fingerprint density at radius 1 is 1.07 bits per heavy atom.